The highest BCUT2D eigenvalue weighted by atomic mass is 79.9. The van der Waals surface area contributed by atoms with Crippen molar-refractivity contribution in [2.45, 2.75) is 18.9 Å². The van der Waals surface area contributed by atoms with Gasteiger partial charge in [-0.25, -0.2) is 4.99 Å². The Kier molecular flexibility index (Phi) is 3.33. The zero-order chi connectivity index (χ0) is 11.5. The Morgan fingerprint density at radius 3 is 2.88 bits per heavy atom. The summed E-state index contributed by atoms with van der Waals surface area (Å²) >= 11 is 3.41. The molecule has 16 heavy (non-hydrogen) atoms. The van der Waals surface area contributed by atoms with Crippen LogP contribution in [0.4, 0.5) is 5.69 Å². The number of nitrogens with zero attached hydrogens (tertiary/aromatic N) is 1. The highest BCUT2D eigenvalue weighted by molar-refractivity contribution is 9.10. The third kappa shape index (κ3) is 2.88. The van der Waals surface area contributed by atoms with Crippen molar-refractivity contribution in [3.05, 3.63) is 22.7 Å². The van der Waals surface area contributed by atoms with Gasteiger partial charge >= 0.3 is 0 Å². The Morgan fingerprint density at radius 2 is 2.31 bits per heavy atom. The molecule has 0 atom stereocenters. The van der Waals surface area contributed by atoms with Gasteiger partial charge in [0.05, 0.1) is 17.6 Å². The van der Waals surface area contributed by atoms with E-state index in [1.165, 1.54) is 0 Å². The highest BCUT2D eigenvalue weighted by Crippen LogP contribution is 2.28. The van der Waals surface area contributed by atoms with E-state index in [-0.39, 0.29) is 0 Å². The average Bonchev–Trinajstić information content (AvgIpc) is 3.01. The second-order valence-electron chi connectivity index (χ2n) is 3.72. The van der Waals surface area contributed by atoms with Gasteiger partial charge in [-0.05, 0) is 47.0 Å². The fourth-order valence-corrected chi connectivity index (χ4v) is 1.87. The maximum Gasteiger partial charge on any atom is 0.193 e. The van der Waals surface area contributed by atoms with Gasteiger partial charge in [0.1, 0.15) is 5.75 Å². The fourth-order valence-electron chi connectivity index (χ4n) is 1.32. The van der Waals surface area contributed by atoms with Crippen molar-refractivity contribution < 1.29 is 4.74 Å². The van der Waals surface area contributed by atoms with Crippen LogP contribution in [0.1, 0.15) is 12.8 Å². The molecule has 2 rings (SSSR count). The molecule has 1 aliphatic carbocycles. The smallest absolute Gasteiger partial charge is 0.193 e. The van der Waals surface area contributed by atoms with Crippen molar-refractivity contribution in [3.63, 3.8) is 0 Å². The van der Waals surface area contributed by atoms with Crippen LogP contribution in [0.15, 0.2) is 27.7 Å². The molecule has 5 heteroatoms. The molecule has 0 amide bonds. The summed E-state index contributed by atoms with van der Waals surface area (Å²) in [5.74, 6) is 1.27. The molecular weight excluding hydrogens is 270 g/mol. The van der Waals surface area contributed by atoms with Crippen LogP contribution in [-0.4, -0.2) is 19.1 Å². The molecule has 1 aliphatic rings. The predicted octanol–water partition coefficient (Wildman–Crippen LogP) is 2.35. The largest absolute Gasteiger partial charge is 0.496 e. The van der Waals surface area contributed by atoms with Crippen molar-refractivity contribution in [1.29, 1.82) is 0 Å². The lowest BCUT2D eigenvalue weighted by atomic mass is 10.3. The van der Waals surface area contributed by atoms with Gasteiger partial charge in [0.25, 0.3) is 0 Å². The standard InChI is InChI=1S/C11H14BrN3O/c1-16-10-5-4-8(6-9(10)12)15-11(13)14-7-2-3-7/h4-7H,2-3H2,1H3,(H3,13,14,15). The number of aliphatic imine (C=N–C) groups is 1. The maximum absolute atomic E-state index is 5.76. The molecule has 0 spiro atoms. The fraction of sp³-hybridized carbons (Fsp3) is 0.364. The maximum atomic E-state index is 5.76. The monoisotopic (exact) mass is 283 g/mol. The molecule has 1 aromatic rings. The van der Waals surface area contributed by atoms with Crippen molar-refractivity contribution in [2.24, 2.45) is 10.7 Å². The van der Waals surface area contributed by atoms with E-state index in [0.717, 1.165) is 28.8 Å². The summed E-state index contributed by atoms with van der Waals surface area (Å²) < 4.78 is 6.03. The van der Waals surface area contributed by atoms with E-state index < -0.39 is 0 Å². The van der Waals surface area contributed by atoms with E-state index in [2.05, 4.69) is 26.2 Å². The Balaban J connectivity index is 2.06. The number of anilines is 1. The van der Waals surface area contributed by atoms with Crippen LogP contribution in [0.3, 0.4) is 0 Å². The zero-order valence-corrected chi connectivity index (χ0v) is 10.6. The minimum Gasteiger partial charge on any atom is -0.496 e. The van der Waals surface area contributed by atoms with Gasteiger partial charge in [-0.1, -0.05) is 0 Å². The minimum atomic E-state index is 0.425. The van der Waals surface area contributed by atoms with Crippen molar-refractivity contribution in [2.75, 3.05) is 12.4 Å². The number of guanidine groups is 1. The molecule has 0 aromatic heterocycles. The zero-order valence-electron chi connectivity index (χ0n) is 9.03. The van der Waals surface area contributed by atoms with E-state index in [1.54, 1.807) is 7.11 Å². The molecule has 1 fully saturated rings. The number of hydrogen-bond acceptors (Lipinski definition) is 2. The number of hydrogen-bond donors (Lipinski definition) is 2. The molecule has 1 saturated carbocycles. The van der Waals surface area contributed by atoms with Crippen LogP contribution in [0, 0.1) is 0 Å². The van der Waals surface area contributed by atoms with Gasteiger partial charge in [0, 0.05) is 5.69 Å². The summed E-state index contributed by atoms with van der Waals surface area (Å²) in [4.78, 5) is 4.29. The summed E-state index contributed by atoms with van der Waals surface area (Å²) in [6.45, 7) is 0. The van der Waals surface area contributed by atoms with Gasteiger partial charge < -0.3 is 15.8 Å². The average molecular weight is 284 g/mol. The highest BCUT2D eigenvalue weighted by Gasteiger charge is 2.20. The van der Waals surface area contributed by atoms with Crippen molar-refractivity contribution >= 4 is 27.6 Å². The van der Waals surface area contributed by atoms with Crippen molar-refractivity contribution in [3.8, 4) is 5.75 Å². The van der Waals surface area contributed by atoms with Crippen LogP contribution < -0.4 is 15.8 Å². The van der Waals surface area contributed by atoms with Crippen LogP contribution in [0.25, 0.3) is 0 Å². The Labute approximate surface area is 103 Å². The minimum absolute atomic E-state index is 0.425. The number of ether oxygens (including phenoxy) is 1. The van der Waals surface area contributed by atoms with E-state index in [9.17, 15) is 0 Å². The molecule has 0 radical (unpaired) electrons. The molecule has 0 saturated heterocycles. The number of methoxy groups -OCH3 is 1. The molecule has 3 N–H and O–H groups in total. The first-order valence-electron chi connectivity index (χ1n) is 5.13. The summed E-state index contributed by atoms with van der Waals surface area (Å²) in [7, 11) is 1.64. The van der Waals surface area contributed by atoms with Crippen LogP contribution in [-0.2, 0) is 0 Å². The summed E-state index contributed by atoms with van der Waals surface area (Å²) in [5.41, 5.74) is 6.66. The second-order valence-corrected chi connectivity index (χ2v) is 4.57. The Hall–Kier alpha value is -1.23. The first-order chi connectivity index (χ1) is 7.69. The van der Waals surface area contributed by atoms with Crippen LogP contribution in [0.5, 0.6) is 5.75 Å². The SMILES string of the molecule is COc1ccc(NC(N)=NC2CC2)cc1Br. The molecule has 0 aliphatic heterocycles. The normalized spacial score (nSPS) is 16.0. The molecule has 0 unspecified atom stereocenters. The van der Waals surface area contributed by atoms with Gasteiger partial charge in [0.15, 0.2) is 5.96 Å². The summed E-state index contributed by atoms with van der Waals surface area (Å²) in [5, 5.41) is 3.05. The molecule has 0 bridgehead atoms. The van der Waals surface area contributed by atoms with Crippen LogP contribution >= 0.6 is 15.9 Å². The van der Waals surface area contributed by atoms with Gasteiger partial charge in [-0.2, -0.15) is 0 Å². The first kappa shape index (κ1) is 11.3. The topological polar surface area (TPSA) is 59.6 Å². The lowest BCUT2D eigenvalue weighted by Gasteiger charge is -2.08. The quantitative estimate of drug-likeness (QED) is 0.661. The second kappa shape index (κ2) is 4.74. The van der Waals surface area contributed by atoms with Crippen LogP contribution in [0.2, 0.25) is 0 Å². The number of nitrogens with two attached hydrogens (primary N) is 1. The third-order valence-corrected chi connectivity index (χ3v) is 2.91. The Bertz CT molecular complexity index is 416. The molecule has 86 valence electrons. The van der Waals surface area contributed by atoms with E-state index in [1.807, 2.05) is 18.2 Å². The van der Waals surface area contributed by atoms with Gasteiger partial charge in [-0.15, -0.1) is 0 Å². The number of nitrogens with one attached hydrogen (secondary N) is 1. The number of rotatable bonds is 3. The third-order valence-electron chi connectivity index (χ3n) is 2.29. The molecular formula is C11H14BrN3O. The summed E-state index contributed by atoms with van der Waals surface area (Å²) in [6.07, 6.45) is 2.30. The van der Waals surface area contributed by atoms with E-state index in [0.29, 0.717) is 12.0 Å². The van der Waals surface area contributed by atoms with Crippen molar-refractivity contribution in [1.82, 2.24) is 0 Å². The summed E-state index contributed by atoms with van der Waals surface area (Å²) in [6, 6.07) is 6.11. The van der Waals surface area contributed by atoms with E-state index in [4.69, 9.17) is 10.5 Å². The lowest BCUT2D eigenvalue weighted by Crippen LogP contribution is -2.23. The molecule has 0 heterocycles. The first-order valence-corrected chi connectivity index (χ1v) is 5.92. The molecule has 1 aromatic carbocycles. The molecule has 4 nitrogen and oxygen atoms in total. The van der Waals surface area contributed by atoms with Gasteiger partial charge in [-0.3, -0.25) is 0 Å². The number of benzene rings is 1. The van der Waals surface area contributed by atoms with Gasteiger partial charge in [0.2, 0.25) is 0 Å². The predicted molar refractivity (Wildman–Crippen MR) is 69.0 cm³/mol. The Morgan fingerprint density at radius 1 is 1.56 bits per heavy atom. The lowest BCUT2D eigenvalue weighted by molar-refractivity contribution is 0.412. The van der Waals surface area contributed by atoms with E-state index >= 15 is 0 Å². The number of halogens is 1.